The van der Waals surface area contributed by atoms with Gasteiger partial charge in [0, 0.05) is 37.9 Å². The van der Waals surface area contributed by atoms with E-state index in [2.05, 4.69) is 0 Å². The van der Waals surface area contributed by atoms with E-state index >= 15 is 0 Å². The van der Waals surface area contributed by atoms with Crippen molar-refractivity contribution >= 4 is 22.5 Å². The van der Waals surface area contributed by atoms with Crippen molar-refractivity contribution in [2.45, 2.75) is 25.8 Å². The van der Waals surface area contributed by atoms with Crippen molar-refractivity contribution in [1.82, 2.24) is 14.0 Å². The Kier molecular flexibility index (Phi) is 5.88. The number of likely N-dealkylation sites (tertiary alicyclic amines) is 1. The van der Waals surface area contributed by atoms with Gasteiger partial charge in [-0.15, -0.1) is 0 Å². The maximum atomic E-state index is 13.2. The Balaban J connectivity index is 1.60. The average molecular weight is 453 g/mol. The molecule has 0 spiro atoms. The number of rotatable bonds is 4. The highest BCUT2D eigenvalue weighted by molar-refractivity contribution is 6.00. The Morgan fingerprint density at radius 1 is 1.03 bits per heavy atom. The van der Waals surface area contributed by atoms with Crippen molar-refractivity contribution in [3.05, 3.63) is 62.3 Å². The second kappa shape index (κ2) is 8.65. The van der Waals surface area contributed by atoms with Crippen LogP contribution < -0.4 is 26.5 Å². The fourth-order valence-electron chi connectivity index (χ4n) is 4.49. The second-order valence-electron chi connectivity index (χ2n) is 8.36. The molecule has 33 heavy (non-hydrogen) atoms. The third kappa shape index (κ3) is 3.83. The average Bonchev–Trinajstić information content (AvgIpc) is 2.82. The molecule has 0 radical (unpaired) electrons. The summed E-state index contributed by atoms with van der Waals surface area (Å²) in [5.41, 5.74) is 7.67. The quantitative estimate of drug-likeness (QED) is 0.607. The zero-order valence-corrected chi connectivity index (χ0v) is 19.3. The van der Waals surface area contributed by atoms with E-state index in [1.807, 2.05) is 19.1 Å². The number of hydrogen-bond donors (Lipinski definition) is 1. The predicted molar refractivity (Wildman–Crippen MR) is 126 cm³/mol. The van der Waals surface area contributed by atoms with Crippen LogP contribution in [0, 0.1) is 6.92 Å². The Labute approximate surface area is 190 Å². The number of benzene rings is 2. The number of nitrogen functional groups attached to an aromatic ring is 1. The third-order valence-electron chi connectivity index (χ3n) is 6.36. The van der Waals surface area contributed by atoms with E-state index in [-0.39, 0.29) is 23.2 Å². The fourth-order valence-corrected chi connectivity index (χ4v) is 4.49. The molecule has 1 aliphatic heterocycles. The van der Waals surface area contributed by atoms with Gasteiger partial charge in [0.15, 0.2) is 11.5 Å². The highest BCUT2D eigenvalue weighted by Gasteiger charge is 2.29. The number of carbonyl (C=O) groups excluding carboxylic acids is 1. The van der Waals surface area contributed by atoms with Crippen molar-refractivity contribution < 1.29 is 14.3 Å². The topological polar surface area (TPSA) is 109 Å². The number of methoxy groups -OCH3 is 2. The van der Waals surface area contributed by atoms with Crippen LogP contribution in [0.15, 0.2) is 39.9 Å². The number of ether oxygens (including phenoxy) is 2. The molecule has 1 amide bonds. The SMILES string of the molecule is COc1cc(N)c(C(=O)N2CCC(n3c(=O)c4cc(C)ccc4n(C)c3=O)CC2)cc1OC. The van der Waals surface area contributed by atoms with Crippen LogP contribution in [0.4, 0.5) is 5.69 Å². The first-order chi connectivity index (χ1) is 15.8. The number of amides is 1. The molecule has 0 saturated carbocycles. The van der Waals surface area contributed by atoms with Gasteiger partial charge in [0.25, 0.3) is 11.5 Å². The minimum Gasteiger partial charge on any atom is -0.493 e. The Morgan fingerprint density at radius 3 is 2.30 bits per heavy atom. The van der Waals surface area contributed by atoms with Crippen molar-refractivity contribution in [1.29, 1.82) is 0 Å². The van der Waals surface area contributed by atoms with Crippen LogP contribution in [0.3, 0.4) is 0 Å². The number of aryl methyl sites for hydroxylation is 2. The molecule has 9 nitrogen and oxygen atoms in total. The van der Waals surface area contributed by atoms with Crippen LogP contribution >= 0.6 is 0 Å². The lowest BCUT2D eigenvalue weighted by molar-refractivity contribution is 0.0692. The molecule has 0 atom stereocenters. The highest BCUT2D eigenvalue weighted by Crippen LogP contribution is 2.33. The number of aromatic nitrogens is 2. The molecule has 0 unspecified atom stereocenters. The first-order valence-corrected chi connectivity index (χ1v) is 10.8. The number of piperidine rings is 1. The number of hydrogen-bond acceptors (Lipinski definition) is 6. The van der Waals surface area contributed by atoms with Gasteiger partial charge in [0.05, 0.1) is 30.7 Å². The molecule has 1 fully saturated rings. The summed E-state index contributed by atoms with van der Waals surface area (Å²) in [4.78, 5) is 41.0. The minimum absolute atomic E-state index is 0.221. The van der Waals surface area contributed by atoms with E-state index in [1.54, 1.807) is 30.1 Å². The van der Waals surface area contributed by atoms with Gasteiger partial charge in [-0.3, -0.25) is 18.7 Å². The number of fused-ring (bicyclic) bond motifs is 1. The molecule has 2 aromatic carbocycles. The molecule has 1 aromatic heterocycles. The van der Waals surface area contributed by atoms with Gasteiger partial charge in [0.2, 0.25) is 0 Å². The minimum atomic E-state index is -0.342. The molecule has 2 heterocycles. The first-order valence-electron chi connectivity index (χ1n) is 10.8. The standard InChI is InChI=1S/C24H28N4O5/c1-14-5-6-19-17(11-14)23(30)28(24(31)26(19)2)15-7-9-27(10-8-15)22(29)16-12-20(32-3)21(33-4)13-18(16)25/h5-6,11-13,15H,7-10,25H2,1-4H3. The van der Waals surface area contributed by atoms with E-state index < -0.39 is 0 Å². The number of nitrogens with zero attached hydrogens (tertiary/aromatic N) is 3. The summed E-state index contributed by atoms with van der Waals surface area (Å²) >= 11 is 0. The molecular weight excluding hydrogens is 424 g/mol. The van der Waals surface area contributed by atoms with Crippen molar-refractivity contribution in [2.24, 2.45) is 7.05 Å². The Morgan fingerprint density at radius 2 is 1.67 bits per heavy atom. The lowest BCUT2D eigenvalue weighted by atomic mass is 10.0. The molecule has 3 aromatic rings. The predicted octanol–water partition coefficient (Wildman–Crippen LogP) is 2.09. The van der Waals surface area contributed by atoms with Gasteiger partial charge in [-0.1, -0.05) is 11.6 Å². The first kappa shape index (κ1) is 22.4. The maximum absolute atomic E-state index is 13.2. The largest absolute Gasteiger partial charge is 0.493 e. The smallest absolute Gasteiger partial charge is 0.331 e. The summed E-state index contributed by atoms with van der Waals surface area (Å²) < 4.78 is 13.4. The van der Waals surface area contributed by atoms with E-state index in [9.17, 15) is 14.4 Å². The summed E-state index contributed by atoms with van der Waals surface area (Å²) in [6, 6.07) is 8.36. The number of anilines is 1. The van der Waals surface area contributed by atoms with Crippen molar-refractivity contribution in [3.8, 4) is 11.5 Å². The molecular formula is C24H28N4O5. The molecule has 0 bridgehead atoms. The Hall–Kier alpha value is -3.75. The molecule has 1 saturated heterocycles. The van der Waals surface area contributed by atoms with Gasteiger partial charge < -0.3 is 20.1 Å². The number of nitrogens with two attached hydrogens (primary N) is 1. The zero-order valence-electron chi connectivity index (χ0n) is 19.3. The third-order valence-corrected chi connectivity index (χ3v) is 6.36. The van der Waals surface area contributed by atoms with Crippen molar-refractivity contribution in [2.75, 3.05) is 33.0 Å². The number of carbonyl (C=O) groups is 1. The van der Waals surface area contributed by atoms with Crippen LogP contribution in [0.25, 0.3) is 10.9 Å². The fraction of sp³-hybridized carbons (Fsp3) is 0.375. The second-order valence-corrected chi connectivity index (χ2v) is 8.36. The zero-order chi connectivity index (χ0) is 23.9. The van der Waals surface area contributed by atoms with Crippen LogP contribution in [0.5, 0.6) is 11.5 Å². The van der Waals surface area contributed by atoms with E-state index in [1.165, 1.54) is 23.4 Å². The highest BCUT2D eigenvalue weighted by atomic mass is 16.5. The van der Waals surface area contributed by atoms with Crippen molar-refractivity contribution in [3.63, 3.8) is 0 Å². The summed E-state index contributed by atoms with van der Waals surface area (Å²) in [5, 5.41) is 0.522. The molecule has 174 valence electrons. The normalized spacial score (nSPS) is 14.5. The Bertz CT molecular complexity index is 1350. The summed E-state index contributed by atoms with van der Waals surface area (Å²) in [7, 11) is 4.68. The van der Waals surface area contributed by atoms with Gasteiger partial charge in [0.1, 0.15) is 0 Å². The van der Waals surface area contributed by atoms with Crippen LogP contribution in [0.2, 0.25) is 0 Å². The van der Waals surface area contributed by atoms with E-state index in [0.717, 1.165) is 5.56 Å². The van der Waals surface area contributed by atoms with Crippen LogP contribution in [-0.2, 0) is 7.05 Å². The lowest BCUT2D eigenvalue weighted by Gasteiger charge is -2.33. The van der Waals surface area contributed by atoms with Gasteiger partial charge in [-0.25, -0.2) is 4.79 Å². The molecule has 9 heteroatoms. The van der Waals surface area contributed by atoms with Gasteiger partial charge in [-0.05, 0) is 38.0 Å². The summed E-state index contributed by atoms with van der Waals surface area (Å²) in [5.74, 6) is 0.653. The lowest BCUT2D eigenvalue weighted by Crippen LogP contribution is -2.46. The summed E-state index contributed by atoms with van der Waals surface area (Å²) in [6.07, 6.45) is 0.983. The molecule has 1 aliphatic rings. The maximum Gasteiger partial charge on any atom is 0.331 e. The van der Waals surface area contributed by atoms with E-state index in [4.69, 9.17) is 15.2 Å². The molecule has 0 aliphatic carbocycles. The summed E-state index contributed by atoms with van der Waals surface area (Å²) in [6.45, 7) is 2.72. The van der Waals surface area contributed by atoms with Crippen LogP contribution in [0.1, 0.15) is 34.8 Å². The molecule has 2 N–H and O–H groups in total. The van der Waals surface area contributed by atoms with Gasteiger partial charge in [-0.2, -0.15) is 0 Å². The molecule has 4 rings (SSSR count). The van der Waals surface area contributed by atoms with Gasteiger partial charge >= 0.3 is 5.69 Å². The monoisotopic (exact) mass is 452 g/mol. The van der Waals surface area contributed by atoms with E-state index in [0.29, 0.717) is 59.6 Å². The van der Waals surface area contributed by atoms with Crippen LogP contribution in [-0.4, -0.2) is 47.3 Å².